The van der Waals surface area contributed by atoms with Gasteiger partial charge in [-0.1, -0.05) is 27.8 Å². The lowest BCUT2D eigenvalue weighted by molar-refractivity contribution is 0.112. The van der Waals surface area contributed by atoms with Crippen LogP contribution in [-0.4, -0.2) is 16.6 Å². The number of nitrogens with zero attached hydrogens (tertiary/aromatic N) is 1. The summed E-state index contributed by atoms with van der Waals surface area (Å²) in [6.07, 6.45) is 3.93. The van der Waals surface area contributed by atoms with Crippen LogP contribution in [-0.2, 0) is 0 Å². The smallest absolute Gasteiger partial charge is 0.151 e. The average Bonchev–Trinajstić information content (AvgIpc) is 2.15. The van der Waals surface area contributed by atoms with Gasteiger partial charge in [0.2, 0.25) is 0 Å². The van der Waals surface area contributed by atoms with Crippen molar-refractivity contribution in [3.05, 3.63) is 29.6 Å². The van der Waals surface area contributed by atoms with Gasteiger partial charge in [-0.2, -0.15) is 0 Å². The Morgan fingerprint density at radius 3 is 3.17 bits per heavy atom. The molecule has 0 saturated carbocycles. The zero-order valence-electron chi connectivity index (χ0n) is 6.25. The first-order valence-electron chi connectivity index (χ1n) is 3.32. The molecule has 0 bridgehead atoms. The van der Waals surface area contributed by atoms with Crippen LogP contribution < -0.4 is 0 Å². The zero-order valence-corrected chi connectivity index (χ0v) is 7.84. The predicted octanol–water partition coefficient (Wildman–Crippen LogP) is 1.64. The molecule has 1 heterocycles. The summed E-state index contributed by atoms with van der Waals surface area (Å²) in [6.45, 7) is 0. The summed E-state index contributed by atoms with van der Waals surface area (Å²) < 4.78 is 0. The molecule has 1 aromatic rings. The van der Waals surface area contributed by atoms with E-state index in [2.05, 4.69) is 32.8 Å². The zero-order chi connectivity index (χ0) is 8.81. The highest BCUT2D eigenvalue weighted by atomic mass is 79.9. The third-order valence-electron chi connectivity index (χ3n) is 1.27. The van der Waals surface area contributed by atoms with E-state index in [-0.39, 0.29) is 0 Å². The minimum absolute atomic E-state index is 0.582. The van der Waals surface area contributed by atoms with Crippen molar-refractivity contribution in [2.45, 2.75) is 0 Å². The van der Waals surface area contributed by atoms with Gasteiger partial charge >= 0.3 is 0 Å². The molecule has 2 nitrogen and oxygen atoms in total. The van der Waals surface area contributed by atoms with E-state index in [4.69, 9.17) is 0 Å². The highest BCUT2D eigenvalue weighted by Crippen LogP contribution is 2.01. The van der Waals surface area contributed by atoms with Crippen molar-refractivity contribution in [2.24, 2.45) is 0 Å². The van der Waals surface area contributed by atoms with Crippen molar-refractivity contribution in [1.82, 2.24) is 4.98 Å². The summed E-state index contributed by atoms with van der Waals surface area (Å²) in [7, 11) is 0. The molecule has 3 heteroatoms. The van der Waals surface area contributed by atoms with Crippen LogP contribution >= 0.6 is 15.9 Å². The molecule has 0 radical (unpaired) electrons. The molecule has 0 amide bonds. The number of carbonyl (C=O) groups is 1. The Labute approximate surface area is 79.1 Å². The molecule has 0 aliphatic carbocycles. The SMILES string of the molecule is O=Cc1ccncc1C#CCBr. The summed E-state index contributed by atoms with van der Waals surface area (Å²) in [4.78, 5) is 14.4. The van der Waals surface area contributed by atoms with Crippen LogP contribution in [0.3, 0.4) is 0 Å². The summed E-state index contributed by atoms with van der Waals surface area (Å²) in [5.41, 5.74) is 1.26. The van der Waals surface area contributed by atoms with E-state index in [1.54, 1.807) is 18.5 Å². The van der Waals surface area contributed by atoms with E-state index in [1.165, 1.54) is 0 Å². The van der Waals surface area contributed by atoms with Gasteiger partial charge in [0, 0.05) is 18.0 Å². The molecule has 0 aliphatic heterocycles. The highest BCUT2D eigenvalue weighted by Gasteiger charge is 1.95. The fourth-order valence-corrected chi connectivity index (χ4v) is 0.881. The van der Waals surface area contributed by atoms with Crippen molar-refractivity contribution in [3.8, 4) is 11.8 Å². The van der Waals surface area contributed by atoms with Gasteiger partial charge in [0.05, 0.1) is 10.9 Å². The van der Waals surface area contributed by atoms with Gasteiger partial charge in [-0.3, -0.25) is 9.78 Å². The number of aldehydes is 1. The van der Waals surface area contributed by atoms with E-state index in [9.17, 15) is 4.79 Å². The number of aromatic nitrogens is 1. The largest absolute Gasteiger partial charge is 0.298 e. The molecule has 60 valence electrons. The minimum atomic E-state index is 0.582. The topological polar surface area (TPSA) is 30.0 Å². The molecule has 0 aromatic carbocycles. The number of rotatable bonds is 1. The number of hydrogen-bond donors (Lipinski definition) is 0. The maximum Gasteiger partial charge on any atom is 0.151 e. The molecule has 0 N–H and O–H groups in total. The van der Waals surface area contributed by atoms with E-state index in [1.807, 2.05) is 0 Å². The Kier molecular flexibility index (Phi) is 3.49. The number of alkyl halides is 1. The molecular formula is C9H6BrNO. The van der Waals surface area contributed by atoms with Crippen LogP contribution in [0.4, 0.5) is 0 Å². The van der Waals surface area contributed by atoms with Crippen molar-refractivity contribution < 1.29 is 4.79 Å². The lowest BCUT2D eigenvalue weighted by Gasteiger charge is -1.92. The third-order valence-corrected chi connectivity index (χ3v) is 1.55. The van der Waals surface area contributed by atoms with Gasteiger partial charge < -0.3 is 0 Å². The van der Waals surface area contributed by atoms with Crippen LogP contribution in [0.1, 0.15) is 15.9 Å². The second-order valence-electron chi connectivity index (χ2n) is 2.02. The fourth-order valence-electron chi connectivity index (χ4n) is 0.741. The third kappa shape index (κ3) is 2.18. The van der Waals surface area contributed by atoms with E-state index >= 15 is 0 Å². The molecule has 0 atom stereocenters. The van der Waals surface area contributed by atoms with Gasteiger partial charge in [-0.15, -0.1) is 0 Å². The summed E-state index contributed by atoms with van der Waals surface area (Å²) in [5, 5.41) is 0.597. The summed E-state index contributed by atoms with van der Waals surface area (Å²) in [5.74, 6) is 5.63. The van der Waals surface area contributed by atoms with Gasteiger partial charge in [0.25, 0.3) is 0 Å². The number of hydrogen-bond acceptors (Lipinski definition) is 2. The van der Waals surface area contributed by atoms with Crippen molar-refractivity contribution in [1.29, 1.82) is 0 Å². The van der Waals surface area contributed by atoms with Crippen molar-refractivity contribution in [2.75, 3.05) is 5.33 Å². The Morgan fingerprint density at radius 1 is 1.67 bits per heavy atom. The molecular weight excluding hydrogens is 218 g/mol. The maximum absolute atomic E-state index is 10.5. The summed E-state index contributed by atoms with van der Waals surface area (Å²) >= 11 is 3.17. The first-order valence-corrected chi connectivity index (χ1v) is 4.44. The standard InChI is InChI=1S/C9H6BrNO/c10-4-1-2-8-6-11-5-3-9(8)7-12/h3,5-7H,4H2. The molecule has 1 rings (SSSR count). The maximum atomic E-state index is 10.5. The quantitative estimate of drug-likeness (QED) is 0.412. The van der Waals surface area contributed by atoms with E-state index in [0.29, 0.717) is 16.5 Å². The normalized spacial score (nSPS) is 8.42. The molecule has 1 aromatic heterocycles. The van der Waals surface area contributed by atoms with Gasteiger partial charge in [-0.05, 0) is 6.07 Å². The number of carbonyl (C=O) groups excluding carboxylic acids is 1. The van der Waals surface area contributed by atoms with Gasteiger partial charge in [0.15, 0.2) is 6.29 Å². The second kappa shape index (κ2) is 4.68. The molecule has 12 heavy (non-hydrogen) atoms. The monoisotopic (exact) mass is 223 g/mol. The van der Waals surface area contributed by atoms with E-state index < -0.39 is 0 Å². The Hall–Kier alpha value is -1.14. The lowest BCUT2D eigenvalue weighted by Crippen LogP contribution is -1.87. The highest BCUT2D eigenvalue weighted by molar-refractivity contribution is 9.09. The number of pyridine rings is 1. The number of halogens is 1. The lowest BCUT2D eigenvalue weighted by atomic mass is 10.2. The molecule has 0 aliphatic rings. The van der Waals surface area contributed by atoms with Crippen LogP contribution in [0, 0.1) is 11.8 Å². The minimum Gasteiger partial charge on any atom is -0.298 e. The van der Waals surface area contributed by atoms with E-state index in [0.717, 1.165) is 6.29 Å². The van der Waals surface area contributed by atoms with Crippen LogP contribution in [0.2, 0.25) is 0 Å². The second-order valence-corrected chi connectivity index (χ2v) is 2.58. The molecule has 0 fully saturated rings. The van der Waals surface area contributed by atoms with Crippen molar-refractivity contribution >= 4 is 22.2 Å². The summed E-state index contributed by atoms with van der Waals surface area (Å²) in [6, 6.07) is 1.64. The van der Waals surface area contributed by atoms with Crippen LogP contribution in [0.25, 0.3) is 0 Å². The average molecular weight is 224 g/mol. The fraction of sp³-hybridized carbons (Fsp3) is 0.111. The Balaban J connectivity index is 3.05. The van der Waals surface area contributed by atoms with Gasteiger partial charge in [0.1, 0.15) is 0 Å². The van der Waals surface area contributed by atoms with Gasteiger partial charge in [-0.25, -0.2) is 0 Å². The van der Waals surface area contributed by atoms with Crippen LogP contribution in [0.5, 0.6) is 0 Å². The Morgan fingerprint density at radius 2 is 2.50 bits per heavy atom. The first kappa shape index (κ1) is 8.95. The molecule has 0 spiro atoms. The molecule has 0 unspecified atom stereocenters. The predicted molar refractivity (Wildman–Crippen MR) is 50.3 cm³/mol. The van der Waals surface area contributed by atoms with Crippen molar-refractivity contribution in [3.63, 3.8) is 0 Å². The Bertz CT molecular complexity index is 338. The first-order chi connectivity index (χ1) is 5.88. The molecule has 0 saturated heterocycles. The van der Waals surface area contributed by atoms with Crippen LogP contribution in [0.15, 0.2) is 18.5 Å².